The summed E-state index contributed by atoms with van der Waals surface area (Å²) in [4.78, 5) is 4.03. The monoisotopic (exact) mass is 150 g/mol. The molecule has 1 aliphatic carbocycles. The molecular weight excluding hydrogens is 138 g/mol. The van der Waals surface area contributed by atoms with Gasteiger partial charge in [-0.15, -0.1) is 0 Å². The molecule has 1 heterocycles. The Morgan fingerprint density at radius 3 is 3.45 bits per heavy atom. The molecule has 0 saturated heterocycles. The van der Waals surface area contributed by atoms with Gasteiger partial charge in [-0.25, -0.2) is 0 Å². The third kappa shape index (κ3) is 1.14. The number of pyridine rings is 1. The van der Waals surface area contributed by atoms with E-state index in [1.165, 1.54) is 0 Å². The fourth-order valence-corrected chi connectivity index (χ4v) is 1.46. The van der Waals surface area contributed by atoms with Crippen LogP contribution in [-0.4, -0.2) is 10.1 Å². The highest BCUT2D eigenvalue weighted by Crippen LogP contribution is 2.26. The summed E-state index contributed by atoms with van der Waals surface area (Å²) in [5.74, 6) is 0. The molecule has 11 heavy (non-hydrogen) atoms. The molecule has 0 radical (unpaired) electrons. The number of rotatable bonds is 0. The maximum Gasteiger partial charge on any atom is 0.0962 e. The molecule has 1 aliphatic rings. The van der Waals surface area contributed by atoms with Crippen molar-refractivity contribution in [3.63, 3.8) is 0 Å². The Morgan fingerprint density at radius 1 is 1.73 bits per heavy atom. The molecule has 1 aromatic heterocycles. The number of aromatic nitrogens is 1. The molecule has 2 nitrogen and oxygen atoms in total. The summed E-state index contributed by atoms with van der Waals surface area (Å²) >= 11 is 0. The van der Waals surface area contributed by atoms with Crippen molar-refractivity contribution in [3.8, 4) is 0 Å². The molecule has 1 aromatic rings. The number of hydrogen-bond donors (Lipinski definition) is 1. The van der Waals surface area contributed by atoms with Crippen LogP contribution in [0, 0.1) is 0 Å². The molecule has 2 rings (SSSR count). The lowest BCUT2D eigenvalue weighted by molar-refractivity contribution is 0.151. The van der Waals surface area contributed by atoms with E-state index in [2.05, 4.69) is 4.98 Å². The average molecular weight is 150 g/mol. The van der Waals surface area contributed by atoms with Crippen molar-refractivity contribution in [1.29, 1.82) is 0 Å². The highest BCUT2D eigenvalue weighted by atomic mass is 16.3. The van der Waals surface area contributed by atoms with Gasteiger partial charge in [0.25, 0.3) is 0 Å². The minimum atomic E-state index is -1.45. The van der Waals surface area contributed by atoms with Gasteiger partial charge in [0.15, 0.2) is 0 Å². The normalized spacial score (nSPS) is 30.8. The fourth-order valence-electron chi connectivity index (χ4n) is 1.46. The topological polar surface area (TPSA) is 33.1 Å². The smallest absolute Gasteiger partial charge is 0.0962 e. The van der Waals surface area contributed by atoms with E-state index in [4.69, 9.17) is 1.37 Å². The van der Waals surface area contributed by atoms with Crippen molar-refractivity contribution in [3.05, 3.63) is 29.6 Å². The number of aliphatic hydroxyl groups is 1. The first-order chi connectivity index (χ1) is 5.70. The molecule has 2 heteroatoms. The predicted octanol–water partition coefficient (Wildman–Crippen LogP) is 1.45. The van der Waals surface area contributed by atoms with Gasteiger partial charge in [0, 0.05) is 6.20 Å². The van der Waals surface area contributed by atoms with Crippen LogP contribution in [0.1, 0.15) is 31.5 Å². The number of nitrogens with zero attached hydrogens (tertiary/aromatic N) is 1. The number of aryl methyl sites for hydroxylation is 1. The fraction of sp³-hybridized carbons (Fsp3) is 0.444. The van der Waals surface area contributed by atoms with Gasteiger partial charge < -0.3 is 5.11 Å². The Hall–Kier alpha value is -0.890. The Bertz CT molecular complexity index is 298. The van der Waals surface area contributed by atoms with E-state index >= 15 is 0 Å². The Labute approximate surface area is 67.3 Å². The molecule has 0 fully saturated rings. The molecule has 58 valence electrons. The van der Waals surface area contributed by atoms with Crippen molar-refractivity contribution >= 4 is 0 Å². The summed E-state index contributed by atoms with van der Waals surface area (Å²) in [6.07, 6.45) is 2.48. The van der Waals surface area contributed by atoms with Crippen LogP contribution < -0.4 is 0 Å². The number of fused-ring (bicyclic) bond motifs is 1. The molecule has 0 amide bonds. The first-order valence-electron chi connectivity index (χ1n) is 4.37. The third-order valence-corrected chi connectivity index (χ3v) is 2.02. The van der Waals surface area contributed by atoms with Gasteiger partial charge >= 0.3 is 0 Å². The summed E-state index contributed by atoms with van der Waals surface area (Å²) < 4.78 is 7.60. The van der Waals surface area contributed by atoms with E-state index in [1.807, 2.05) is 12.1 Å². The zero-order valence-electron chi connectivity index (χ0n) is 7.25. The van der Waals surface area contributed by atoms with Crippen LogP contribution in [0.15, 0.2) is 18.3 Å². The van der Waals surface area contributed by atoms with Crippen LogP contribution in [0.3, 0.4) is 0 Å². The van der Waals surface area contributed by atoms with Crippen LogP contribution in [0.4, 0.5) is 0 Å². The zero-order valence-corrected chi connectivity index (χ0v) is 6.25. The molecule has 0 aliphatic heterocycles. The standard InChI is InChI=1S/C9H11NO/c11-8-5-1-3-7-4-2-6-10-9(7)8/h2,4,6,8,11H,1,3,5H2/t8-/m1/s1/i8D. The highest BCUT2D eigenvalue weighted by Gasteiger charge is 2.17. The van der Waals surface area contributed by atoms with Crippen LogP contribution in [0.5, 0.6) is 0 Å². The molecule has 0 bridgehead atoms. The second kappa shape index (κ2) is 2.62. The SMILES string of the molecule is [2H][C@@]1(O)CCCc2cccnc21. The summed E-state index contributed by atoms with van der Waals surface area (Å²) in [6.45, 7) is 0. The second-order valence-electron chi connectivity index (χ2n) is 2.81. The molecule has 0 aromatic carbocycles. The number of hydrogen-bond acceptors (Lipinski definition) is 2. The van der Waals surface area contributed by atoms with Crippen LogP contribution in [-0.2, 0) is 6.42 Å². The van der Waals surface area contributed by atoms with E-state index in [1.54, 1.807) is 6.20 Å². The van der Waals surface area contributed by atoms with Crippen molar-refractivity contribution in [2.75, 3.05) is 0 Å². The van der Waals surface area contributed by atoms with Gasteiger partial charge in [-0.2, -0.15) is 0 Å². The van der Waals surface area contributed by atoms with E-state index < -0.39 is 6.08 Å². The summed E-state index contributed by atoms with van der Waals surface area (Å²) in [5.41, 5.74) is 1.55. The molecule has 0 unspecified atom stereocenters. The van der Waals surface area contributed by atoms with E-state index in [-0.39, 0.29) is 0 Å². The highest BCUT2D eigenvalue weighted by molar-refractivity contribution is 5.23. The first kappa shape index (κ1) is 5.72. The minimum absolute atomic E-state index is 0.497. The van der Waals surface area contributed by atoms with Gasteiger partial charge in [0.1, 0.15) is 0 Å². The predicted molar refractivity (Wildman–Crippen MR) is 42.1 cm³/mol. The quantitative estimate of drug-likeness (QED) is 0.607. The second-order valence-corrected chi connectivity index (χ2v) is 2.81. The lowest BCUT2D eigenvalue weighted by atomic mass is 9.94. The average Bonchev–Trinajstić information content (AvgIpc) is 2.04. The summed E-state index contributed by atoms with van der Waals surface area (Å²) in [6, 6.07) is 3.78. The first-order valence-corrected chi connectivity index (χ1v) is 3.87. The molecular formula is C9H11NO. The van der Waals surface area contributed by atoms with Gasteiger partial charge in [-0.3, -0.25) is 4.98 Å². The van der Waals surface area contributed by atoms with Crippen LogP contribution in [0.25, 0.3) is 0 Å². The Morgan fingerprint density at radius 2 is 2.64 bits per heavy atom. The summed E-state index contributed by atoms with van der Waals surface area (Å²) in [5, 5.41) is 9.63. The van der Waals surface area contributed by atoms with E-state index in [0.717, 1.165) is 18.4 Å². The summed E-state index contributed by atoms with van der Waals surface area (Å²) in [7, 11) is 0. The third-order valence-electron chi connectivity index (χ3n) is 2.02. The molecule has 0 spiro atoms. The molecule has 1 N–H and O–H groups in total. The lowest BCUT2D eigenvalue weighted by Crippen LogP contribution is -2.10. The van der Waals surface area contributed by atoms with Crippen molar-refractivity contribution < 1.29 is 6.48 Å². The molecule has 1 atom stereocenters. The van der Waals surface area contributed by atoms with Gasteiger partial charge in [0.05, 0.1) is 13.1 Å². The van der Waals surface area contributed by atoms with Gasteiger partial charge in [-0.05, 0) is 30.9 Å². The zero-order chi connectivity index (χ0) is 8.60. The van der Waals surface area contributed by atoms with E-state index in [9.17, 15) is 5.11 Å². The molecule has 0 saturated carbocycles. The van der Waals surface area contributed by atoms with Crippen molar-refractivity contribution in [2.45, 2.75) is 25.3 Å². The lowest BCUT2D eigenvalue weighted by Gasteiger charge is -2.18. The van der Waals surface area contributed by atoms with Crippen LogP contribution in [0.2, 0.25) is 0 Å². The van der Waals surface area contributed by atoms with Crippen molar-refractivity contribution in [2.24, 2.45) is 0 Å². The maximum atomic E-state index is 9.63. The maximum absolute atomic E-state index is 9.63. The Kier molecular flexibility index (Phi) is 1.37. The minimum Gasteiger partial charge on any atom is -0.387 e. The van der Waals surface area contributed by atoms with Crippen molar-refractivity contribution in [1.82, 2.24) is 4.98 Å². The Balaban J connectivity index is 2.52. The van der Waals surface area contributed by atoms with Gasteiger partial charge in [0.2, 0.25) is 0 Å². The van der Waals surface area contributed by atoms with Crippen LogP contribution >= 0.6 is 0 Å². The van der Waals surface area contributed by atoms with E-state index in [0.29, 0.717) is 12.1 Å². The van der Waals surface area contributed by atoms with Gasteiger partial charge in [-0.1, -0.05) is 6.07 Å². The largest absolute Gasteiger partial charge is 0.387 e.